The fourth-order valence-electron chi connectivity index (χ4n) is 3.23. The zero-order valence-electron chi connectivity index (χ0n) is 14.6. The second kappa shape index (κ2) is 7.42. The highest BCUT2D eigenvalue weighted by molar-refractivity contribution is 7.21. The minimum absolute atomic E-state index is 0.0872. The van der Waals surface area contributed by atoms with Gasteiger partial charge in [0, 0.05) is 49.6 Å². The molecule has 0 aliphatic carbocycles. The Balaban J connectivity index is 1.49. The van der Waals surface area contributed by atoms with Gasteiger partial charge in [-0.3, -0.25) is 19.8 Å². The van der Waals surface area contributed by atoms with Crippen LogP contribution >= 0.6 is 11.3 Å². The van der Waals surface area contributed by atoms with Gasteiger partial charge in [-0.1, -0.05) is 41.7 Å². The van der Waals surface area contributed by atoms with Gasteiger partial charge < -0.3 is 4.90 Å². The van der Waals surface area contributed by atoms with Crippen molar-refractivity contribution in [3.63, 3.8) is 0 Å². The summed E-state index contributed by atoms with van der Waals surface area (Å²) >= 11 is 1.41. The van der Waals surface area contributed by atoms with E-state index in [-0.39, 0.29) is 5.69 Å². The van der Waals surface area contributed by atoms with E-state index in [0.717, 1.165) is 37.4 Å². The van der Waals surface area contributed by atoms with Gasteiger partial charge in [0.05, 0.1) is 10.3 Å². The highest BCUT2D eigenvalue weighted by atomic mass is 32.1. The quantitative estimate of drug-likeness (QED) is 0.510. The molecule has 2 aromatic carbocycles. The van der Waals surface area contributed by atoms with Crippen LogP contribution in [0.15, 0.2) is 53.3 Å². The number of nitro groups is 1. The van der Waals surface area contributed by atoms with Gasteiger partial charge in [0.1, 0.15) is 0 Å². The van der Waals surface area contributed by atoms with Crippen LogP contribution in [-0.2, 0) is 6.54 Å². The fraction of sp³-hybridized carbons (Fsp3) is 0.263. The first-order valence-electron chi connectivity index (χ1n) is 8.71. The van der Waals surface area contributed by atoms with E-state index in [1.165, 1.54) is 29.0 Å². The summed E-state index contributed by atoms with van der Waals surface area (Å²) in [6.45, 7) is 4.31. The lowest BCUT2D eigenvalue weighted by molar-refractivity contribution is -0.384. The minimum atomic E-state index is -0.497. The number of rotatable bonds is 4. The molecule has 1 aromatic heterocycles. The lowest BCUT2D eigenvalue weighted by Gasteiger charge is -2.34. The lowest BCUT2D eigenvalue weighted by atomic mass is 10.2. The summed E-state index contributed by atoms with van der Waals surface area (Å²) in [6.07, 6.45) is 0. The topological polar surface area (TPSA) is 79.6 Å². The molecule has 1 aliphatic rings. The molecule has 0 N–H and O–H groups in total. The number of aromatic nitrogens is 1. The molecule has 1 saturated heterocycles. The summed E-state index contributed by atoms with van der Waals surface area (Å²) in [7, 11) is 0. The third-order valence-corrected chi connectivity index (χ3v) is 5.80. The maximum Gasteiger partial charge on any atom is 0.281 e. The molecule has 0 spiro atoms. The smallest absolute Gasteiger partial charge is 0.281 e. The number of hydrogen-bond acceptors (Lipinski definition) is 7. The SMILES string of the molecule is O=c1nc(N2CCN(Cc3ccccc3)CC2)sc2ccc([N+](=O)[O-])cc12. The van der Waals surface area contributed by atoms with Crippen LogP contribution in [0.1, 0.15) is 5.56 Å². The highest BCUT2D eigenvalue weighted by Crippen LogP contribution is 2.27. The van der Waals surface area contributed by atoms with Crippen molar-refractivity contribution in [1.82, 2.24) is 9.88 Å². The molecule has 0 amide bonds. The fourth-order valence-corrected chi connectivity index (χ4v) is 4.26. The molecule has 138 valence electrons. The minimum Gasteiger partial charge on any atom is -0.345 e. The maximum atomic E-state index is 12.4. The van der Waals surface area contributed by atoms with Crippen LogP contribution in [0.5, 0.6) is 0 Å². The predicted molar refractivity (Wildman–Crippen MR) is 106 cm³/mol. The Morgan fingerprint density at radius 3 is 2.52 bits per heavy atom. The number of nitrogens with zero attached hydrogens (tertiary/aromatic N) is 4. The van der Waals surface area contributed by atoms with E-state index in [9.17, 15) is 14.9 Å². The van der Waals surface area contributed by atoms with Crippen LogP contribution in [0.25, 0.3) is 10.1 Å². The molecule has 0 unspecified atom stereocenters. The lowest BCUT2D eigenvalue weighted by Crippen LogP contribution is -2.46. The largest absolute Gasteiger partial charge is 0.345 e. The molecule has 3 aromatic rings. The second-order valence-corrected chi connectivity index (χ2v) is 7.50. The summed E-state index contributed by atoms with van der Waals surface area (Å²) in [5.74, 6) is 0. The Bertz CT molecular complexity index is 1030. The van der Waals surface area contributed by atoms with E-state index < -0.39 is 10.5 Å². The number of non-ortho nitro benzene ring substituents is 1. The van der Waals surface area contributed by atoms with Crippen LogP contribution < -0.4 is 10.5 Å². The molecule has 0 bridgehead atoms. The molecule has 0 saturated carbocycles. The average Bonchev–Trinajstić information content (AvgIpc) is 2.69. The number of hydrogen-bond donors (Lipinski definition) is 0. The van der Waals surface area contributed by atoms with Gasteiger partial charge in [-0.25, -0.2) is 0 Å². The van der Waals surface area contributed by atoms with E-state index in [0.29, 0.717) is 10.5 Å². The monoisotopic (exact) mass is 382 g/mol. The van der Waals surface area contributed by atoms with Gasteiger partial charge in [0.25, 0.3) is 11.2 Å². The molecule has 1 fully saturated rings. The normalized spacial score (nSPS) is 15.2. The molecule has 8 heteroatoms. The Hall–Kier alpha value is -2.84. The first-order valence-corrected chi connectivity index (χ1v) is 9.52. The molecule has 2 heterocycles. The third kappa shape index (κ3) is 3.81. The summed E-state index contributed by atoms with van der Waals surface area (Å²) < 4.78 is 0.724. The summed E-state index contributed by atoms with van der Waals surface area (Å²) in [5.41, 5.74) is 0.797. The Morgan fingerprint density at radius 1 is 1.07 bits per heavy atom. The Labute approximate surface area is 159 Å². The van der Waals surface area contributed by atoms with Crippen molar-refractivity contribution >= 4 is 32.2 Å². The van der Waals surface area contributed by atoms with Crippen LogP contribution in [0.2, 0.25) is 0 Å². The van der Waals surface area contributed by atoms with Crippen LogP contribution in [0, 0.1) is 10.1 Å². The Morgan fingerprint density at radius 2 is 1.81 bits per heavy atom. The first-order chi connectivity index (χ1) is 13.1. The van der Waals surface area contributed by atoms with Crippen LogP contribution in [-0.4, -0.2) is 41.0 Å². The summed E-state index contributed by atoms with van der Waals surface area (Å²) in [6, 6.07) is 14.7. The van der Waals surface area contributed by atoms with Gasteiger partial charge in [-0.15, -0.1) is 0 Å². The van der Waals surface area contributed by atoms with Crippen molar-refractivity contribution < 1.29 is 4.92 Å². The van der Waals surface area contributed by atoms with Crippen molar-refractivity contribution in [2.45, 2.75) is 6.54 Å². The molecule has 4 rings (SSSR count). The number of benzene rings is 2. The van der Waals surface area contributed by atoms with Crippen molar-refractivity contribution in [2.75, 3.05) is 31.1 Å². The van der Waals surface area contributed by atoms with Crippen molar-refractivity contribution in [3.8, 4) is 0 Å². The summed E-state index contributed by atoms with van der Waals surface area (Å²) in [4.78, 5) is 31.5. The Kier molecular flexibility index (Phi) is 4.83. The van der Waals surface area contributed by atoms with Crippen LogP contribution in [0.4, 0.5) is 10.8 Å². The molecular formula is C19H18N4O3S. The zero-order chi connectivity index (χ0) is 18.8. The second-order valence-electron chi connectivity index (χ2n) is 6.49. The maximum absolute atomic E-state index is 12.4. The van der Waals surface area contributed by atoms with Gasteiger partial charge >= 0.3 is 0 Å². The van der Waals surface area contributed by atoms with Gasteiger partial charge in [0.15, 0.2) is 5.13 Å². The first kappa shape index (κ1) is 17.6. The average molecular weight is 382 g/mol. The number of anilines is 1. The van der Waals surface area contributed by atoms with Crippen molar-refractivity contribution in [1.29, 1.82) is 0 Å². The third-order valence-electron chi connectivity index (χ3n) is 4.69. The number of nitro benzene ring substituents is 1. The highest BCUT2D eigenvalue weighted by Gasteiger charge is 2.20. The number of piperazine rings is 1. The molecule has 27 heavy (non-hydrogen) atoms. The molecule has 1 aliphatic heterocycles. The van der Waals surface area contributed by atoms with E-state index in [1.807, 2.05) is 18.2 Å². The van der Waals surface area contributed by atoms with Crippen molar-refractivity contribution in [3.05, 3.63) is 74.6 Å². The van der Waals surface area contributed by atoms with E-state index >= 15 is 0 Å². The van der Waals surface area contributed by atoms with Gasteiger partial charge in [0.2, 0.25) is 0 Å². The van der Waals surface area contributed by atoms with Gasteiger partial charge in [-0.05, 0) is 11.6 Å². The molecule has 0 radical (unpaired) electrons. The van der Waals surface area contributed by atoms with E-state index in [4.69, 9.17) is 0 Å². The predicted octanol–water partition coefficient (Wildman–Crippen LogP) is 2.89. The molecule has 0 atom stereocenters. The molecule has 7 nitrogen and oxygen atoms in total. The molecular weight excluding hydrogens is 364 g/mol. The van der Waals surface area contributed by atoms with E-state index in [1.54, 1.807) is 6.07 Å². The summed E-state index contributed by atoms with van der Waals surface area (Å²) in [5, 5.41) is 11.9. The standard InChI is InChI=1S/C19H18N4O3S/c24-18-16-12-15(23(25)26)6-7-17(16)27-19(20-18)22-10-8-21(9-11-22)13-14-4-2-1-3-5-14/h1-7,12H,8-11,13H2. The van der Waals surface area contributed by atoms with Crippen LogP contribution in [0.3, 0.4) is 0 Å². The van der Waals surface area contributed by atoms with Gasteiger partial charge in [-0.2, -0.15) is 4.98 Å². The zero-order valence-corrected chi connectivity index (χ0v) is 15.4. The van der Waals surface area contributed by atoms with E-state index in [2.05, 4.69) is 26.9 Å². The number of fused-ring (bicyclic) bond motifs is 1. The van der Waals surface area contributed by atoms with Crippen molar-refractivity contribution in [2.24, 2.45) is 0 Å².